The Morgan fingerprint density at radius 3 is 2.48 bits per heavy atom. The molecule has 2 rings (SSSR count). The number of hydrogen-bond acceptors (Lipinski definition) is 2. The second-order valence-electron chi connectivity index (χ2n) is 4.68. The minimum absolute atomic E-state index is 0.585. The van der Waals surface area contributed by atoms with Crippen LogP contribution in [0.5, 0.6) is 5.75 Å². The third-order valence-electron chi connectivity index (χ3n) is 3.31. The Balaban J connectivity index is 2.53. The van der Waals surface area contributed by atoms with Crippen LogP contribution in [0.3, 0.4) is 0 Å². The first-order chi connectivity index (χ1) is 10.2. The highest BCUT2D eigenvalue weighted by Gasteiger charge is 2.25. The molecule has 2 aromatic carbocycles. The molecule has 0 aliphatic rings. The minimum Gasteiger partial charge on any atom is -0.496 e. The van der Waals surface area contributed by atoms with Gasteiger partial charge in [-0.05, 0) is 24.1 Å². The summed E-state index contributed by atoms with van der Waals surface area (Å²) in [4.78, 5) is 11.7. The number of benzene rings is 2. The summed E-state index contributed by atoms with van der Waals surface area (Å²) in [5, 5.41) is 9.60. The lowest BCUT2D eigenvalue weighted by Crippen LogP contribution is -2.14. The molecule has 108 valence electrons. The van der Waals surface area contributed by atoms with E-state index in [2.05, 4.69) is 0 Å². The van der Waals surface area contributed by atoms with Gasteiger partial charge in [-0.3, -0.25) is 4.79 Å². The molecule has 0 amide bonds. The molecule has 0 fully saturated rings. The molecular weight excluding hydrogens is 264 g/mol. The van der Waals surface area contributed by atoms with E-state index in [4.69, 9.17) is 4.74 Å². The van der Waals surface area contributed by atoms with Crippen molar-refractivity contribution in [1.82, 2.24) is 0 Å². The number of carboxylic acids is 1. The zero-order valence-corrected chi connectivity index (χ0v) is 12.1. The van der Waals surface area contributed by atoms with Crippen molar-refractivity contribution >= 4 is 12.0 Å². The molecule has 0 radical (unpaired) electrons. The van der Waals surface area contributed by atoms with Crippen molar-refractivity contribution in [2.75, 3.05) is 7.11 Å². The van der Waals surface area contributed by atoms with Gasteiger partial charge in [0.1, 0.15) is 11.7 Å². The molecule has 0 aliphatic heterocycles. The summed E-state index contributed by atoms with van der Waals surface area (Å²) < 4.78 is 5.39. The number of allylic oxidation sites excluding steroid dienone is 1. The smallest absolute Gasteiger partial charge is 0.315 e. The molecule has 3 nitrogen and oxygen atoms in total. The van der Waals surface area contributed by atoms with Gasteiger partial charge in [0.15, 0.2) is 0 Å². The van der Waals surface area contributed by atoms with Crippen molar-refractivity contribution in [3.8, 4) is 5.75 Å². The maximum atomic E-state index is 11.7. The lowest BCUT2D eigenvalue weighted by Gasteiger charge is -2.17. The first kappa shape index (κ1) is 14.9. The highest BCUT2D eigenvalue weighted by atomic mass is 16.5. The van der Waals surface area contributed by atoms with E-state index in [9.17, 15) is 9.90 Å². The minimum atomic E-state index is -0.890. The Morgan fingerprint density at radius 2 is 1.90 bits per heavy atom. The van der Waals surface area contributed by atoms with Gasteiger partial charge in [0.25, 0.3) is 0 Å². The van der Waals surface area contributed by atoms with Crippen LogP contribution in [-0.4, -0.2) is 18.2 Å². The number of methoxy groups -OCH3 is 1. The standard InChI is InChI=1S/C18H18O3/c1-3-7-13-10-11-15(16(12-13)21-2)17(18(19)20)14-8-5-4-6-9-14/h3-12,17H,1-2H3,(H,19,20)/b7-3+/t17-/m0/s1. The fraction of sp³-hybridized carbons (Fsp3) is 0.167. The SMILES string of the molecule is C/C=C/c1ccc([C@@H](C(=O)O)c2ccccc2)c(OC)c1. The van der Waals surface area contributed by atoms with Crippen LogP contribution in [0.2, 0.25) is 0 Å². The summed E-state index contributed by atoms with van der Waals surface area (Å²) in [7, 11) is 1.56. The van der Waals surface area contributed by atoms with Crippen molar-refractivity contribution in [2.45, 2.75) is 12.8 Å². The van der Waals surface area contributed by atoms with E-state index in [0.717, 1.165) is 11.1 Å². The quantitative estimate of drug-likeness (QED) is 0.903. The molecule has 0 unspecified atom stereocenters. The van der Waals surface area contributed by atoms with Gasteiger partial charge in [-0.25, -0.2) is 0 Å². The molecule has 0 saturated carbocycles. The Kier molecular flexibility index (Phi) is 4.77. The van der Waals surface area contributed by atoms with Gasteiger partial charge >= 0.3 is 5.97 Å². The number of ether oxygens (including phenoxy) is 1. The van der Waals surface area contributed by atoms with Crippen LogP contribution in [0, 0.1) is 0 Å². The van der Waals surface area contributed by atoms with E-state index >= 15 is 0 Å². The van der Waals surface area contributed by atoms with Crippen molar-refractivity contribution in [3.63, 3.8) is 0 Å². The maximum absolute atomic E-state index is 11.7. The van der Waals surface area contributed by atoms with Gasteiger partial charge in [0, 0.05) is 5.56 Å². The molecule has 1 atom stereocenters. The van der Waals surface area contributed by atoms with Crippen LogP contribution >= 0.6 is 0 Å². The molecule has 0 spiro atoms. The van der Waals surface area contributed by atoms with Crippen molar-refractivity contribution < 1.29 is 14.6 Å². The van der Waals surface area contributed by atoms with Gasteiger partial charge in [0.05, 0.1) is 7.11 Å². The number of carbonyl (C=O) groups is 1. The summed E-state index contributed by atoms with van der Waals surface area (Å²) >= 11 is 0. The van der Waals surface area contributed by atoms with E-state index in [1.54, 1.807) is 7.11 Å². The van der Waals surface area contributed by atoms with Gasteiger partial charge in [0.2, 0.25) is 0 Å². The van der Waals surface area contributed by atoms with Crippen LogP contribution in [0.4, 0.5) is 0 Å². The zero-order chi connectivity index (χ0) is 15.2. The second kappa shape index (κ2) is 6.75. The molecule has 3 heteroatoms. The van der Waals surface area contributed by atoms with E-state index in [1.807, 2.05) is 67.6 Å². The highest BCUT2D eigenvalue weighted by Crippen LogP contribution is 2.33. The molecule has 2 aromatic rings. The average molecular weight is 282 g/mol. The fourth-order valence-electron chi connectivity index (χ4n) is 2.36. The average Bonchev–Trinajstić information content (AvgIpc) is 2.50. The molecule has 1 N–H and O–H groups in total. The third-order valence-corrected chi connectivity index (χ3v) is 3.31. The molecule has 0 aliphatic carbocycles. The first-order valence-corrected chi connectivity index (χ1v) is 6.75. The molecule has 0 bridgehead atoms. The van der Waals surface area contributed by atoms with Crippen LogP contribution in [0.1, 0.15) is 29.5 Å². The van der Waals surface area contributed by atoms with Gasteiger partial charge < -0.3 is 9.84 Å². The van der Waals surface area contributed by atoms with Gasteiger partial charge in [-0.2, -0.15) is 0 Å². The summed E-state index contributed by atoms with van der Waals surface area (Å²) in [6.07, 6.45) is 3.88. The number of carboxylic acid groups (broad SMARTS) is 1. The summed E-state index contributed by atoms with van der Waals surface area (Å²) in [5.41, 5.74) is 2.38. The van der Waals surface area contributed by atoms with Crippen LogP contribution in [-0.2, 0) is 4.79 Å². The van der Waals surface area contributed by atoms with E-state index < -0.39 is 11.9 Å². The van der Waals surface area contributed by atoms with Gasteiger partial charge in [-0.1, -0.05) is 54.6 Å². The number of aliphatic carboxylic acids is 1. The number of rotatable bonds is 5. The predicted molar refractivity (Wildman–Crippen MR) is 83.6 cm³/mol. The Hall–Kier alpha value is -2.55. The van der Waals surface area contributed by atoms with E-state index in [0.29, 0.717) is 11.3 Å². The fourth-order valence-corrected chi connectivity index (χ4v) is 2.36. The van der Waals surface area contributed by atoms with Crippen LogP contribution < -0.4 is 4.74 Å². The summed E-state index contributed by atoms with van der Waals surface area (Å²) in [6, 6.07) is 14.8. The lowest BCUT2D eigenvalue weighted by molar-refractivity contribution is -0.137. The Morgan fingerprint density at radius 1 is 1.19 bits per heavy atom. The molecule has 21 heavy (non-hydrogen) atoms. The van der Waals surface area contributed by atoms with E-state index in [1.165, 1.54) is 0 Å². The Labute approximate surface area is 124 Å². The van der Waals surface area contributed by atoms with Crippen molar-refractivity contribution in [2.24, 2.45) is 0 Å². The zero-order valence-electron chi connectivity index (χ0n) is 12.1. The molecule has 0 aromatic heterocycles. The second-order valence-corrected chi connectivity index (χ2v) is 4.68. The summed E-state index contributed by atoms with van der Waals surface area (Å²) in [5.74, 6) is -1.04. The highest BCUT2D eigenvalue weighted by molar-refractivity contribution is 5.81. The molecule has 0 heterocycles. The largest absolute Gasteiger partial charge is 0.496 e. The van der Waals surface area contributed by atoms with Crippen LogP contribution in [0.15, 0.2) is 54.6 Å². The van der Waals surface area contributed by atoms with Gasteiger partial charge in [-0.15, -0.1) is 0 Å². The number of hydrogen-bond donors (Lipinski definition) is 1. The van der Waals surface area contributed by atoms with Crippen LogP contribution in [0.25, 0.3) is 6.08 Å². The van der Waals surface area contributed by atoms with Crippen molar-refractivity contribution in [3.05, 3.63) is 71.3 Å². The maximum Gasteiger partial charge on any atom is 0.315 e. The Bertz CT molecular complexity index is 645. The predicted octanol–water partition coefficient (Wildman–Crippen LogP) is 3.94. The monoisotopic (exact) mass is 282 g/mol. The first-order valence-electron chi connectivity index (χ1n) is 6.75. The van der Waals surface area contributed by atoms with E-state index in [-0.39, 0.29) is 0 Å². The molecular formula is C18H18O3. The normalized spacial score (nSPS) is 12.3. The lowest BCUT2D eigenvalue weighted by atomic mass is 9.90. The third kappa shape index (κ3) is 3.31. The van der Waals surface area contributed by atoms with Crippen molar-refractivity contribution in [1.29, 1.82) is 0 Å². The topological polar surface area (TPSA) is 46.5 Å². The molecule has 0 saturated heterocycles. The summed E-state index contributed by atoms with van der Waals surface area (Å²) in [6.45, 7) is 1.93.